The number of anilines is 1. The van der Waals surface area contributed by atoms with Crippen molar-refractivity contribution in [3.05, 3.63) is 54.5 Å². The maximum Gasteiger partial charge on any atom is 0.412 e. The highest BCUT2D eigenvalue weighted by Gasteiger charge is 2.31. The van der Waals surface area contributed by atoms with Crippen molar-refractivity contribution in [1.82, 2.24) is 19.4 Å². The maximum absolute atomic E-state index is 12.8. The number of rotatable bonds is 8. The lowest BCUT2D eigenvalue weighted by Gasteiger charge is -2.37. The number of nitrogens with zero attached hydrogens (tertiary/aromatic N) is 5. The lowest BCUT2D eigenvalue weighted by molar-refractivity contribution is -0.120. The lowest BCUT2D eigenvalue weighted by Crippen LogP contribution is -2.47. The fraction of sp³-hybridized carbons (Fsp3) is 0.500. The van der Waals surface area contributed by atoms with E-state index in [4.69, 9.17) is 10.5 Å². The third kappa shape index (κ3) is 6.43. The van der Waals surface area contributed by atoms with Crippen LogP contribution in [-0.4, -0.2) is 88.2 Å². The number of hydrogen-bond acceptors (Lipinski definition) is 7. The summed E-state index contributed by atoms with van der Waals surface area (Å²) < 4.78 is 46.0. The summed E-state index contributed by atoms with van der Waals surface area (Å²) in [5, 5.41) is 11.5. The largest absolute Gasteiger partial charge is 0.412 e. The Morgan fingerprint density at radius 1 is 1.34 bits per heavy atom. The van der Waals surface area contributed by atoms with Gasteiger partial charge in [0, 0.05) is 37.3 Å². The number of halogens is 3. The van der Waals surface area contributed by atoms with E-state index in [0.717, 1.165) is 24.0 Å². The second-order valence-electron chi connectivity index (χ2n) is 9.79. The molecule has 0 bridgehead atoms. The Labute approximate surface area is 219 Å². The number of morpholine rings is 1. The molecule has 2 saturated heterocycles. The third-order valence-corrected chi connectivity index (χ3v) is 7.08. The van der Waals surface area contributed by atoms with Gasteiger partial charge in [-0.1, -0.05) is 24.8 Å². The second kappa shape index (κ2) is 11.7. The summed E-state index contributed by atoms with van der Waals surface area (Å²) in [6, 6.07) is 1.62. The number of likely N-dealkylation sites (tertiary alicyclic amines) is 1. The van der Waals surface area contributed by atoms with Gasteiger partial charge < -0.3 is 25.0 Å². The highest BCUT2D eigenvalue weighted by molar-refractivity contribution is 5.88. The number of aromatic nitrogens is 3. The van der Waals surface area contributed by atoms with Crippen LogP contribution >= 0.6 is 0 Å². The van der Waals surface area contributed by atoms with E-state index in [1.807, 2.05) is 26.6 Å². The Morgan fingerprint density at radius 2 is 2.13 bits per heavy atom. The molecular weight excluding hydrogens is 501 g/mol. The zero-order valence-electron chi connectivity index (χ0n) is 21.3. The highest BCUT2D eigenvalue weighted by Crippen LogP contribution is 2.30. The van der Waals surface area contributed by atoms with Crippen molar-refractivity contribution in [3.63, 3.8) is 0 Å². The molecule has 0 radical (unpaired) electrons. The molecule has 4 rings (SSSR count). The fourth-order valence-electron chi connectivity index (χ4n) is 4.93. The molecule has 206 valence electrons. The average Bonchev–Trinajstić information content (AvgIpc) is 3.27. The normalized spacial score (nSPS) is 23.9. The third-order valence-electron chi connectivity index (χ3n) is 7.08. The van der Waals surface area contributed by atoms with Gasteiger partial charge >= 0.3 is 6.18 Å². The predicted molar refractivity (Wildman–Crippen MR) is 137 cm³/mol. The van der Waals surface area contributed by atoms with Crippen molar-refractivity contribution in [2.24, 2.45) is 11.7 Å². The number of piperidine rings is 1. The molecule has 0 unspecified atom stereocenters. The quantitative estimate of drug-likeness (QED) is 0.501. The summed E-state index contributed by atoms with van der Waals surface area (Å²) in [7, 11) is 0. The molecule has 0 aromatic carbocycles. The number of carbonyl (C=O) groups is 1. The molecule has 0 aliphatic carbocycles. The van der Waals surface area contributed by atoms with Gasteiger partial charge in [0.2, 0.25) is 5.91 Å². The standard InChI is InChI=1S/C26H33F3N6O3/c1-17(4-3-5-18(2)26(27,28)29)21-15-38-11-10-35(21)25-20-7-9-34(24(20)31-16-32-25)12-19-6-8-33(13-22(19)36)14-23(30)37/h3-5,7,9,16,19,21-22,36H,1,6,8,10-15H2,2H3,(H2,30,37)/b4-3-,18-5+/t19-,21+,22+/m0/s1. The first-order chi connectivity index (χ1) is 18.0. The number of hydrogen-bond donors (Lipinski definition) is 2. The first-order valence-electron chi connectivity index (χ1n) is 12.5. The van der Waals surface area contributed by atoms with Gasteiger partial charge in [-0.3, -0.25) is 9.69 Å². The Morgan fingerprint density at radius 3 is 2.84 bits per heavy atom. The van der Waals surface area contributed by atoms with E-state index in [1.165, 1.54) is 12.4 Å². The van der Waals surface area contributed by atoms with E-state index < -0.39 is 23.8 Å². The predicted octanol–water partition coefficient (Wildman–Crippen LogP) is 2.43. The van der Waals surface area contributed by atoms with Crippen molar-refractivity contribution in [2.45, 2.75) is 38.2 Å². The van der Waals surface area contributed by atoms with E-state index in [2.05, 4.69) is 16.5 Å². The summed E-state index contributed by atoms with van der Waals surface area (Å²) >= 11 is 0. The van der Waals surface area contributed by atoms with Crippen LogP contribution in [0.3, 0.4) is 0 Å². The number of β-amino-alcohol motifs (C(OH)–C–C–N with tert-alkyl or cyclic N) is 1. The van der Waals surface area contributed by atoms with E-state index >= 15 is 0 Å². The SMILES string of the molecule is C=C(/C=C\C=C(/C)C(F)(F)F)[C@H]1COCCN1c1ncnc2c1ccn2C[C@@H]1CCN(CC(N)=O)C[C@H]1O. The molecule has 2 aromatic rings. The molecule has 9 nitrogen and oxygen atoms in total. The van der Waals surface area contributed by atoms with Gasteiger partial charge in [0.15, 0.2) is 0 Å². The molecular formula is C26H33F3N6O3. The number of ether oxygens (including phenoxy) is 1. The van der Waals surface area contributed by atoms with Gasteiger partial charge in [-0.05, 0) is 31.5 Å². The van der Waals surface area contributed by atoms with E-state index in [1.54, 1.807) is 6.08 Å². The van der Waals surface area contributed by atoms with Crippen molar-refractivity contribution in [1.29, 1.82) is 0 Å². The van der Waals surface area contributed by atoms with E-state index in [0.29, 0.717) is 57.2 Å². The molecule has 2 aliphatic rings. The number of aliphatic hydroxyl groups excluding tert-OH is 1. The van der Waals surface area contributed by atoms with Crippen molar-refractivity contribution in [3.8, 4) is 0 Å². The Bertz CT molecular complexity index is 1220. The number of aliphatic hydroxyl groups is 1. The first-order valence-corrected chi connectivity index (χ1v) is 12.5. The summed E-state index contributed by atoms with van der Waals surface area (Å²) in [4.78, 5) is 24.1. The van der Waals surface area contributed by atoms with Gasteiger partial charge in [0.25, 0.3) is 0 Å². The summed E-state index contributed by atoms with van der Waals surface area (Å²) in [5.74, 6) is 0.265. The van der Waals surface area contributed by atoms with Crippen molar-refractivity contribution >= 4 is 22.8 Å². The molecule has 3 N–H and O–H groups in total. The van der Waals surface area contributed by atoms with Crippen LogP contribution in [0.1, 0.15) is 13.3 Å². The van der Waals surface area contributed by atoms with Crippen LogP contribution < -0.4 is 10.6 Å². The summed E-state index contributed by atoms with van der Waals surface area (Å²) in [6.07, 6.45) is 3.08. The molecule has 0 spiro atoms. The second-order valence-corrected chi connectivity index (χ2v) is 9.79. The summed E-state index contributed by atoms with van der Waals surface area (Å²) in [6.45, 7) is 8.18. The van der Waals surface area contributed by atoms with Crippen LogP contribution in [0.2, 0.25) is 0 Å². The molecule has 0 saturated carbocycles. The number of primary amides is 1. The minimum atomic E-state index is -4.37. The lowest BCUT2D eigenvalue weighted by atomic mass is 9.93. The topological polar surface area (TPSA) is 110 Å². The van der Waals surface area contributed by atoms with Gasteiger partial charge in [-0.2, -0.15) is 13.2 Å². The Balaban J connectivity index is 1.51. The molecule has 12 heteroatoms. The van der Waals surface area contributed by atoms with Gasteiger partial charge in [-0.25, -0.2) is 9.97 Å². The minimum Gasteiger partial charge on any atom is -0.391 e. The van der Waals surface area contributed by atoms with Crippen LogP contribution in [0.4, 0.5) is 19.0 Å². The zero-order valence-corrected chi connectivity index (χ0v) is 21.3. The van der Waals surface area contributed by atoms with E-state index in [-0.39, 0.29) is 18.5 Å². The average molecular weight is 535 g/mol. The first kappa shape index (κ1) is 27.8. The molecule has 2 aromatic heterocycles. The molecule has 2 aliphatic heterocycles. The fourth-order valence-corrected chi connectivity index (χ4v) is 4.93. The molecule has 2 fully saturated rings. The highest BCUT2D eigenvalue weighted by atomic mass is 19.4. The molecule has 3 atom stereocenters. The molecule has 1 amide bonds. The van der Waals surface area contributed by atoms with Crippen molar-refractivity contribution < 1.29 is 27.8 Å². The smallest absolute Gasteiger partial charge is 0.391 e. The van der Waals surface area contributed by atoms with Gasteiger partial charge in [0.1, 0.15) is 17.8 Å². The number of alkyl halides is 3. The van der Waals surface area contributed by atoms with Crippen molar-refractivity contribution in [2.75, 3.05) is 44.3 Å². The number of amides is 1. The number of carbonyl (C=O) groups excluding carboxylic acids is 1. The van der Waals surface area contributed by atoms with Gasteiger partial charge in [-0.15, -0.1) is 0 Å². The number of fused-ring (bicyclic) bond motifs is 1. The van der Waals surface area contributed by atoms with Crippen LogP contribution in [0, 0.1) is 5.92 Å². The number of nitrogens with two attached hydrogens (primary N) is 1. The maximum atomic E-state index is 12.8. The summed E-state index contributed by atoms with van der Waals surface area (Å²) in [5.41, 5.74) is 5.92. The van der Waals surface area contributed by atoms with Crippen LogP contribution in [0.15, 0.2) is 54.5 Å². The Hall–Kier alpha value is -3.22. The molecule has 38 heavy (non-hydrogen) atoms. The van der Waals surface area contributed by atoms with Gasteiger partial charge in [0.05, 0.1) is 37.3 Å². The monoisotopic (exact) mass is 534 g/mol. The van der Waals surface area contributed by atoms with Crippen LogP contribution in [0.25, 0.3) is 11.0 Å². The minimum absolute atomic E-state index is 0.0117. The van der Waals surface area contributed by atoms with Crippen LogP contribution in [-0.2, 0) is 16.1 Å². The number of allylic oxidation sites excluding steroid dienone is 3. The Kier molecular flexibility index (Phi) is 8.54. The molecule has 4 heterocycles. The van der Waals surface area contributed by atoms with Crippen LogP contribution in [0.5, 0.6) is 0 Å². The van der Waals surface area contributed by atoms with E-state index in [9.17, 15) is 23.1 Å². The zero-order chi connectivity index (χ0) is 27.4.